The van der Waals surface area contributed by atoms with Gasteiger partial charge in [0, 0.05) is 41.4 Å². The first-order valence-electron chi connectivity index (χ1n) is 13.3. The Balaban J connectivity index is 1.51. The highest BCUT2D eigenvalue weighted by Gasteiger charge is 2.46. The molecule has 0 saturated heterocycles. The van der Waals surface area contributed by atoms with Crippen molar-refractivity contribution in [3.8, 4) is 0 Å². The highest BCUT2D eigenvalue weighted by molar-refractivity contribution is 5.88. The number of fused-ring (bicyclic) bond motifs is 3. The lowest BCUT2D eigenvalue weighted by Crippen LogP contribution is -2.31. The molecule has 4 nitrogen and oxygen atoms in total. The standard InChI is InChI=1S/C33H36N2O2/c1-23-16-17-25-13-7-8-14-27(25)31(23)32(3,4)24(2)12-11-15-30-33(20-9-6-10-21-33)28-22-26(35(36)37)18-19-29(28)34(30)5/h7-8,11-19,22H,2,6,9-10,20-21H2,1,3-5H3/b12-11+,30-15+. The molecule has 3 aromatic rings. The van der Waals surface area contributed by atoms with Crippen LogP contribution in [0, 0.1) is 17.0 Å². The van der Waals surface area contributed by atoms with Crippen LogP contribution in [0.4, 0.5) is 11.4 Å². The fourth-order valence-corrected chi connectivity index (χ4v) is 6.69. The maximum atomic E-state index is 11.6. The van der Waals surface area contributed by atoms with Gasteiger partial charge in [-0.15, -0.1) is 0 Å². The molecule has 1 aliphatic carbocycles. The van der Waals surface area contributed by atoms with E-state index in [1.807, 2.05) is 12.1 Å². The normalized spacial score (nSPS) is 18.2. The van der Waals surface area contributed by atoms with Crippen LogP contribution in [0.1, 0.15) is 62.6 Å². The zero-order valence-corrected chi connectivity index (χ0v) is 22.4. The highest BCUT2D eigenvalue weighted by Crippen LogP contribution is 2.55. The minimum Gasteiger partial charge on any atom is -0.347 e. The zero-order valence-electron chi connectivity index (χ0n) is 22.4. The second kappa shape index (κ2) is 9.33. The van der Waals surface area contributed by atoms with E-state index < -0.39 is 0 Å². The number of nitro groups is 1. The Hall–Kier alpha value is -3.66. The summed E-state index contributed by atoms with van der Waals surface area (Å²) in [5, 5.41) is 14.1. The highest BCUT2D eigenvalue weighted by atomic mass is 16.6. The number of anilines is 1. The quantitative estimate of drug-likeness (QED) is 0.203. The fourth-order valence-electron chi connectivity index (χ4n) is 6.69. The molecule has 1 spiro atoms. The predicted octanol–water partition coefficient (Wildman–Crippen LogP) is 8.68. The zero-order chi connectivity index (χ0) is 26.4. The Morgan fingerprint density at radius 2 is 1.81 bits per heavy atom. The van der Waals surface area contributed by atoms with Gasteiger partial charge in [0.15, 0.2) is 0 Å². The summed E-state index contributed by atoms with van der Waals surface area (Å²) in [5.74, 6) is 0. The first-order valence-corrected chi connectivity index (χ1v) is 13.3. The SMILES string of the molecule is C=C(/C=C/C=C1/N(C)c2ccc([N+](=O)[O-])cc2C12CCCCC2)C(C)(C)c1c(C)ccc2ccccc12. The largest absolute Gasteiger partial charge is 0.347 e. The number of benzene rings is 3. The van der Waals surface area contributed by atoms with Crippen molar-refractivity contribution in [1.82, 2.24) is 0 Å². The average Bonchev–Trinajstić information content (AvgIpc) is 3.10. The van der Waals surface area contributed by atoms with Crippen molar-refractivity contribution < 1.29 is 4.92 Å². The molecule has 0 bridgehead atoms. The van der Waals surface area contributed by atoms with Gasteiger partial charge in [0.05, 0.1) is 4.92 Å². The van der Waals surface area contributed by atoms with Gasteiger partial charge in [-0.1, -0.05) is 88.2 Å². The van der Waals surface area contributed by atoms with Gasteiger partial charge in [0.2, 0.25) is 0 Å². The van der Waals surface area contributed by atoms with Crippen LogP contribution in [0.3, 0.4) is 0 Å². The predicted molar refractivity (Wildman–Crippen MR) is 154 cm³/mol. The molecule has 1 aliphatic heterocycles. The van der Waals surface area contributed by atoms with Crippen LogP contribution < -0.4 is 4.90 Å². The second-order valence-corrected chi connectivity index (χ2v) is 11.2. The van der Waals surface area contributed by atoms with Gasteiger partial charge >= 0.3 is 0 Å². The Morgan fingerprint density at radius 3 is 2.54 bits per heavy atom. The molecule has 3 aromatic carbocycles. The molecule has 5 rings (SSSR count). The van der Waals surface area contributed by atoms with E-state index in [-0.39, 0.29) is 21.4 Å². The van der Waals surface area contributed by atoms with Gasteiger partial charge in [-0.3, -0.25) is 10.1 Å². The van der Waals surface area contributed by atoms with Crippen molar-refractivity contribution in [1.29, 1.82) is 0 Å². The summed E-state index contributed by atoms with van der Waals surface area (Å²) in [7, 11) is 2.09. The van der Waals surface area contributed by atoms with Crippen LogP contribution in [0.2, 0.25) is 0 Å². The summed E-state index contributed by atoms with van der Waals surface area (Å²) in [6.07, 6.45) is 12.0. The third-order valence-corrected chi connectivity index (χ3v) is 8.74. The van der Waals surface area contributed by atoms with Crippen LogP contribution in [0.15, 0.2) is 90.7 Å². The minimum absolute atomic E-state index is 0.165. The van der Waals surface area contributed by atoms with Gasteiger partial charge in [-0.25, -0.2) is 0 Å². The van der Waals surface area contributed by atoms with Crippen molar-refractivity contribution >= 4 is 22.1 Å². The topological polar surface area (TPSA) is 46.4 Å². The van der Waals surface area contributed by atoms with Gasteiger partial charge in [-0.2, -0.15) is 0 Å². The molecule has 0 amide bonds. The molecule has 1 fully saturated rings. The van der Waals surface area contributed by atoms with Crippen molar-refractivity contribution in [2.24, 2.45) is 0 Å². The van der Waals surface area contributed by atoms with Crippen LogP contribution in [0.25, 0.3) is 10.8 Å². The van der Waals surface area contributed by atoms with Gasteiger partial charge in [-0.05, 0) is 64.9 Å². The molecule has 37 heavy (non-hydrogen) atoms. The van der Waals surface area contributed by atoms with E-state index in [9.17, 15) is 10.1 Å². The number of nitro benzene ring substituents is 1. The van der Waals surface area contributed by atoms with E-state index in [1.54, 1.807) is 6.07 Å². The molecule has 1 saturated carbocycles. The van der Waals surface area contributed by atoms with Crippen LogP contribution >= 0.6 is 0 Å². The Morgan fingerprint density at radius 1 is 1.08 bits per heavy atom. The third kappa shape index (κ3) is 4.09. The van der Waals surface area contributed by atoms with Crippen LogP contribution in [-0.4, -0.2) is 12.0 Å². The number of hydrogen-bond acceptors (Lipinski definition) is 3. The van der Waals surface area contributed by atoms with Crippen molar-refractivity contribution in [3.63, 3.8) is 0 Å². The van der Waals surface area contributed by atoms with Gasteiger partial charge < -0.3 is 4.90 Å². The summed E-state index contributed by atoms with van der Waals surface area (Å²) in [6, 6.07) is 18.3. The maximum absolute atomic E-state index is 11.6. The first kappa shape index (κ1) is 25.0. The van der Waals surface area contributed by atoms with Crippen LogP contribution in [-0.2, 0) is 10.8 Å². The summed E-state index contributed by atoms with van der Waals surface area (Å²) < 4.78 is 0. The summed E-state index contributed by atoms with van der Waals surface area (Å²) in [6.45, 7) is 11.2. The number of aryl methyl sites for hydroxylation is 1. The van der Waals surface area contributed by atoms with E-state index >= 15 is 0 Å². The Kier molecular flexibility index (Phi) is 6.31. The smallest absolute Gasteiger partial charge is 0.269 e. The van der Waals surface area contributed by atoms with E-state index in [0.29, 0.717) is 0 Å². The van der Waals surface area contributed by atoms with E-state index in [0.717, 1.165) is 42.5 Å². The van der Waals surface area contributed by atoms with Crippen molar-refractivity contribution in [2.75, 3.05) is 11.9 Å². The number of rotatable bonds is 5. The number of likely N-dealkylation sites (N-methyl/N-ethyl adjacent to an activating group) is 1. The number of nitrogens with zero attached hydrogens (tertiary/aromatic N) is 2. The lowest BCUT2D eigenvalue weighted by Gasteiger charge is -2.36. The average molecular weight is 493 g/mol. The van der Waals surface area contributed by atoms with Gasteiger partial charge in [0.25, 0.3) is 5.69 Å². The second-order valence-electron chi connectivity index (χ2n) is 11.2. The Labute approximate surface area is 220 Å². The number of allylic oxidation sites excluding steroid dienone is 5. The fraction of sp³-hybridized carbons (Fsp3) is 0.333. The summed E-state index contributed by atoms with van der Waals surface area (Å²) in [4.78, 5) is 13.5. The molecule has 2 aliphatic rings. The summed E-state index contributed by atoms with van der Waals surface area (Å²) >= 11 is 0. The number of non-ortho nitro benzene ring substituents is 1. The molecule has 190 valence electrons. The molecule has 1 heterocycles. The van der Waals surface area contributed by atoms with Crippen molar-refractivity contribution in [2.45, 2.75) is 63.7 Å². The van der Waals surface area contributed by atoms with Crippen LogP contribution in [0.5, 0.6) is 0 Å². The molecule has 4 heteroatoms. The minimum atomic E-state index is -0.278. The molecule has 0 atom stereocenters. The summed E-state index contributed by atoms with van der Waals surface area (Å²) in [5.41, 5.74) is 6.82. The molecular weight excluding hydrogens is 456 g/mol. The number of hydrogen-bond donors (Lipinski definition) is 0. The van der Waals surface area contributed by atoms with E-state index in [1.165, 1.54) is 34.0 Å². The van der Waals surface area contributed by atoms with Gasteiger partial charge in [0.1, 0.15) is 0 Å². The maximum Gasteiger partial charge on any atom is 0.269 e. The third-order valence-electron chi connectivity index (χ3n) is 8.74. The van der Waals surface area contributed by atoms with E-state index in [2.05, 4.69) is 93.9 Å². The molecule has 0 N–H and O–H groups in total. The first-order chi connectivity index (χ1) is 17.7. The van der Waals surface area contributed by atoms with Crippen molar-refractivity contribution in [3.05, 3.63) is 117 Å². The lowest BCUT2D eigenvalue weighted by atomic mass is 9.68. The molecule has 0 radical (unpaired) electrons. The molecule has 0 unspecified atom stereocenters. The molecule has 0 aromatic heterocycles. The Bertz CT molecular complexity index is 1450. The molecular formula is C33H36N2O2. The monoisotopic (exact) mass is 492 g/mol. The van der Waals surface area contributed by atoms with E-state index in [4.69, 9.17) is 0 Å². The lowest BCUT2D eigenvalue weighted by molar-refractivity contribution is -0.384.